The summed E-state index contributed by atoms with van der Waals surface area (Å²) in [6, 6.07) is 0. The molecule has 4 nitrogen and oxygen atoms in total. The van der Waals surface area contributed by atoms with Gasteiger partial charge < -0.3 is 13.7 Å². The van der Waals surface area contributed by atoms with E-state index < -0.39 is 16.0 Å². The Kier molecular flexibility index (Phi) is 33.2. The predicted octanol–water partition coefficient (Wildman–Crippen LogP) is 3.08. The van der Waals surface area contributed by atoms with Crippen molar-refractivity contribution in [3.8, 4) is 0 Å². The van der Waals surface area contributed by atoms with Crippen LogP contribution in [-0.2, 0) is 23.9 Å². The van der Waals surface area contributed by atoms with Crippen LogP contribution in [0.4, 0.5) is 0 Å². The van der Waals surface area contributed by atoms with E-state index in [9.17, 15) is 13.2 Å². The zero-order chi connectivity index (χ0) is 20.2. The molecule has 7 heteroatoms. The Morgan fingerprint density at radius 2 is 1.07 bits per heavy atom. The van der Waals surface area contributed by atoms with Gasteiger partial charge in [-0.15, -0.1) is 0 Å². The maximum absolute atomic E-state index is 11.5. The van der Waals surface area contributed by atoms with Crippen molar-refractivity contribution in [3.63, 3.8) is 0 Å². The van der Waals surface area contributed by atoms with Crippen LogP contribution in [-0.4, -0.2) is 47.3 Å². The third kappa shape index (κ3) is 27.4. The number of carbonyl (C=O) groups is 1. The third-order valence-corrected chi connectivity index (χ3v) is 5.98. The Hall–Kier alpha value is 1.42. The normalized spacial score (nSPS) is 11.6. The van der Waals surface area contributed by atoms with Crippen molar-refractivity contribution in [2.45, 2.75) is 128 Å². The summed E-state index contributed by atoms with van der Waals surface area (Å²) in [4.78, 5) is 11.5. The van der Waals surface area contributed by atoms with Crippen molar-refractivity contribution in [2.24, 2.45) is 0 Å². The fourth-order valence-electron chi connectivity index (χ4n) is 3.30. The van der Waals surface area contributed by atoms with Gasteiger partial charge in [-0.3, -0.25) is 4.79 Å². The van der Waals surface area contributed by atoms with Gasteiger partial charge in [0.2, 0.25) is 5.91 Å². The maximum Gasteiger partial charge on any atom is 1.00 e. The first-order chi connectivity index (χ1) is 13.1. The van der Waals surface area contributed by atoms with E-state index in [4.69, 9.17) is 0 Å². The van der Waals surface area contributed by atoms with E-state index in [1.165, 1.54) is 89.9 Å². The Labute approximate surface area is 227 Å². The molecule has 163 valence electrons. The molecule has 0 saturated carbocycles. The van der Waals surface area contributed by atoms with Crippen molar-refractivity contribution in [2.75, 3.05) is 6.54 Å². The topological polar surface area (TPSA) is 63.2 Å². The molecule has 0 aromatic carbocycles. The second-order valence-corrected chi connectivity index (χ2v) is 9.25. The molecule has 0 aliphatic heterocycles. The van der Waals surface area contributed by atoms with Gasteiger partial charge in [-0.1, -0.05) is 126 Å². The summed E-state index contributed by atoms with van der Waals surface area (Å²) in [5, 5.41) is 2.20. The van der Waals surface area contributed by atoms with Crippen LogP contribution in [0.15, 0.2) is 0 Å². The van der Waals surface area contributed by atoms with E-state index in [1.54, 1.807) is 6.92 Å². The standard InChI is InChI=1S/C22H44NO3S.2Na/c1-3-4-5-6-7-8-9-10-11-12-13-14-15-16-17-18-19-23-22(24)20-21(2)27(25)26;;/h21H,3-20H2,1-2H3,(H,23,24);;/q-1;;+1. The van der Waals surface area contributed by atoms with Crippen LogP contribution >= 0.6 is 0 Å². The molecule has 0 heterocycles. The molecule has 0 aliphatic carbocycles. The maximum atomic E-state index is 11.5. The summed E-state index contributed by atoms with van der Waals surface area (Å²) >= 11 is 0. The van der Waals surface area contributed by atoms with E-state index in [1.807, 2.05) is 0 Å². The second-order valence-electron chi connectivity index (χ2n) is 7.93. The summed E-state index contributed by atoms with van der Waals surface area (Å²) in [6.45, 7) is 4.49. The minimum absolute atomic E-state index is 0. The quantitative estimate of drug-likeness (QED) is 0.177. The zero-order valence-electron chi connectivity index (χ0n) is 19.9. The van der Waals surface area contributed by atoms with Crippen molar-refractivity contribution < 1.29 is 42.8 Å². The van der Waals surface area contributed by atoms with Gasteiger partial charge in [0, 0.05) is 42.5 Å². The zero-order valence-corrected chi connectivity index (χ0v) is 24.8. The number of amides is 1. The molecule has 1 radical (unpaired) electrons. The van der Waals surface area contributed by atoms with Crippen molar-refractivity contribution in [1.82, 2.24) is 5.32 Å². The molecule has 0 aromatic rings. The molecule has 1 unspecified atom stereocenters. The summed E-state index contributed by atoms with van der Waals surface area (Å²) in [5.74, 6) is -0.160. The van der Waals surface area contributed by atoms with Gasteiger partial charge in [-0.25, -0.2) is 0 Å². The molecule has 1 amide bonds. The van der Waals surface area contributed by atoms with E-state index in [-0.39, 0.29) is 71.4 Å². The SMILES string of the molecule is CCCCCCCCCCCCCCCCCCNC(=O)CC(C)[S-](=O)=O.[Na+].[Na]. The predicted molar refractivity (Wildman–Crippen MR) is 121 cm³/mol. The fourth-order valence-corrected chi connectivity index (χ4v) is 3.59. The number of nitrogens with one attached hydrogen (secondary N) is 1. The molecular weight excluding hydrogens is 404 g/mol. The number of rotatable bonds is 20. The monoisotopic (exact) mass is 448 g/mol. The molecule has 0 spiro atoms. The van der Waals surface area contributed by atoms with Crippen molar-refractivity contribution in [1.29, 1.82) is 0 Å². The van der Waals surface area contributed by atoms with Crippen LogP contribution in [0.3, 0.4) is 0 Å². The van der Waals surface area contributed by atoms with Crippen molar-refractivity contribution >= 4 is 46.2 Å². The average Bonchev–Trinajstić information content (AvgIpc) is 2.64. The molecular formula is C22H44NNa2O3S. The molecule has 1 N–H and O–H groups in total. The summed E-state index contributed by atoms with van der Waals surface area (Å²) in [7, 11) is -2.16. The molecule has 0 aliphatic rings. The minimum Gasteiger partial charge on any atom is -0.424 e. The third-order valence-electron chi connectivity index (χ3n) is 5.15. The van der Waals surface area contributed by atoms with E-state index >= 15 is 0 Å². The van der Waals surface area contributed by atoms with Gasteiger partial charge in [-0.05, 0) is 6.42 Å². The number of hydrogen-bond acceptors (Lipinski definition) is 4. The first kappa shape index (κ1) is 35.0. The van der Waals surface area contributed by atoms with E-state index in [0.29, 0.717) is 6.54 Å². The Bertz CT molecular complexity index is 413. The number of hydrogen-bond donors (Lipinski definition) is 1. The van der Waals surface area contributed by atoms with E-state index in [0.717, 1.165) is 12.8 Å². The van der Waals surface area contributed by atoms with Crippen LogP contribution in [0.1, 0.15) is 123 Å². The average molecular weight is 449 g/mol. The largest absolute Gasteiger partial charge is 1.00 e. The van der Waals surface area contributed by atoms with Crippen LogP contribution in [0.25, 0.3) is 0 Å². The van der Waals surface area contributed by atoms with Crippen LogP contribution in [0, 0.1) is 0 Å². The molecule has 0 saturated heterocycles. The van der Waals surface area contributed by atoms with Gasteiger partial charge in [-0.2, -0.15) is 0 Å². The molecule has 0 fully saturated rings. The number of carbonyl (C=O) groups excluding carboxylic acids is 1. The van der Waals surface area contributed by atoms with Gasteiger partial charge in [0.1, 0.15) is 0 Å². The van der Waals surface area contributed by atoms with Crippen LogP contribution in [0.5, 0.6) is 0 Å². The van der Waals surface area contributed by atoms with Crippen LogP contribution < -0.4 is 34.9 Å². The van der Waals surface area contributed by atoms with Gasteiger partial charge in [0.05, 0.1) is 0 Å². The molecule has 29 heavy (non-hydrogen) atoms. The van der Waals surface area contributed by atoms with Crippen molar-refractivity contribution in [3.05, 3.63) is 0 Å². The Balaban J connectivity index is -0.00000338. The van der Waals surface area contributed by atoms with Gasteiger partial charge in [0.15, 0.2) is 0 Å². The van der Waals surface area contributed by atoms with Crippen LogP contribution in [0.2, 0.25) is 0 Å². The first-order valence-corrected chi connectivity index (χ1v) is 12.6. The fraction of sp³-hybridized carbons (Fsp3) is 0.955. The molecule has 0 bridgehead atoms. The first-order valence-electron chi connectivity index (χ1n) is 11.4. The summed E-state index contributed by atoms with van der Waals surface area (Å²) < 4.78 is 21.4. The Morgan fingerprint density at radius 1 is 0.724 bits per heavy atom. The van der Waals surface area contributed by atoms with E-state index in [2.05, 4.69) is 12.2 Å². The smallest absolute Gasteiger partial charge is 0.424 e. The second kappa shape index (κ2) is 27.5. The molecule has 1 atom stereocenters. The summed E-state index contributed by atoms with van der Waals surface area (Å²) in [5.41, 5.74) is 0. The van der Waals surface area contributed by atoms with Gasteiger partial charge >= 0.3 is 29.6 Å². The minimum atomic E-state index is -2.16. The summed E-state index contributed by atoms with van der Waals surface area (Å²) in [6.07, 6.45) is 21.4. The Morgan fingerprint density at radius 3 is 1.41 bits per heavy atom. The molecule has 0 aromatic heterocycles. The number of unbranched alkanes of at least 4 members (excludes halogenated alkanes) is 15. The molecule has 0 rings (SSSR count). The van der Waals surface area contributed by atoms with Gasteiger partial charge in [0.25, 0.3) is 0 Å².